The number of aromatic hydroxyl groups is 1. The zero-order chi connectivity index (χ0) is 12.1. The third-order valence-corrected chi connectivity index (χ3v) is 3.68. The van der Waals surface area contributed by atoms with E-state index in [1.54, 1.807) is 18.4 Å². The second kappa shape index (κ2) is 5.96. The van der Waals surface area contributed by atoms with Gasteiger partial charge < -0.3 is 10.4 Å². The maximum absolute atomic E-state index is 13.0. The van der Waals surface area contributed by atoms with E-state index >= 15 is 0 Å². The molecule has 0 radical (unpaired) electrons. The van der Waals surface area contributed by atoms with Gasteiger partial charge in [0.05, 0.1) is 0 Å². The molecule has 0 heterocycles. The zero-order valence-electron chi connectivity index (χ0n) is 9.37. The second-order valence-electron chi connectivity index (χ2n) is 3.69. The van der Waals surface area contributed by atoms with Crippen LogP contribution in [0.2, 0.25) is 0 Å². The first-order valence-corrected chi connectivity index (χ1v) is 6.63. The summed E-state index contributed by atoms with van der Waals surface area (Å²) >= 11 is 0. The van der Waals surface area contributed by atoms with E-state index in [0.29, 0.717) is 18.7 Å². The summed E-state index contributed by atoms with van der Waals surface area (Å²) in [5, 5.41) is 12.5. The third kappa shape index (κ3) is 3.57. The maximum atomic E-state index is 13.0. The molecule has 2 N–H and O–H groups in total. The van der Waals surface area contributed by atoms with Crippen LogP contribution >= 0.6 is 0 Å². The van der Waals surface area contributed by atoms with Gasteiger partial charge in [-0.05, 0) is 13.0 Å². The van der Waals surface area contributed by atoms with Crippen LogP contribution in [0.15, 0.2) is 18.2 Å². The van der Waals surface area contributed by atoms with Gasteiger partial charge in [0, 0.05) is 41.0 Å². The highest BCUT2D eigenvalue weighted by Crippen LogP contribution is 2.20. The number of benzene rings is 1. The van der Waals surface area contributed by atoms with Gasteiger partial charge >= 0.3 is 0 Å². The molecule has 0 aromatic heterocycles. The molecule has 0 spiro atoms. The standard InChI is InChI=1S/C11H16FNO2S/c1-8(16(2)15)6-13-7-9-4-3-5-10(12)11(9)14/h3-5,8,13-14H,6-7H2,1-2H3. The lowest BCUT2D eigenvalue weighted by Crippen LogP contribution is -2.27. The summed E-state index contributed by atoms with van der Waals surface area (Å²) in [7, 11) is -0.877. The van der Waals surface area contributed by atoms with E-state index in [2.05, 4.69) is 5.32 Å². The Morgan fingerprint density at radius 3 is 2.88 bits per heavy atom. The fourth-order valence-electron chi connectivity index (χ4n) is 1.23. The molecular weight excluding hydrogens is 229 g/mol. The highest BCUT2D eigenvalue weighted by molar-refractivity contribution is 7.84. The molecule has 1 aromatic rings. The van der Waals surface area contributed by atoms with Crippen LogP contribution in [-0.2, 0) is 17.3 Å². The molecule has 0 fully saturated rings. The van der Waals surface area contributed by atoms with Crippen molar-refractivity contribution in [2.24, 2.45) is 0 Å². The van der Waals surface area contributed by atoms with Gasteiger partial charge in [-0.25, -0.2) is 4.39 Å². The van der Waals surface area contributed by atoms with Crippen molar-refractivity contribution < 1.29 is 13.7 Å². The maximum Gasteiger partial charge on any atom is 0.165 e. The second-order valence-corrected chi connectivity index (χ2v) is 5.49. The van der Waals surface area contributed by atoms with Crippen LogP contribution in [0.25, 0.3) is 0 Å². The molecule has 0 saturated carbocycles. The van der Waals surface area contributed by atoms with E-state index in [1.165, 1.54) is 6.07 Å². The molecule has 1 rings (SSSR count). The fourth-order valence-corrected chi connectivity index (χ4v) is 1.58. The average molecular weight is 245 g/mol. The molecule has 0 aliphatic carbocycles. The van der Waals surface area contributed by atoms with E-state index in [9.17, 15) is 13.7 Å². The number of phenolic OH excluding ortho intramolecular Hbond substituents is 1. The highest BCUT2D eigenvalue weighted by Gasteiger charge is 2.08. The minimum absolute atomic E-state index is 0.0377. The summed E-state index contributed by atoms with van der Waals surface area (Å²) < 4.78 is 24.0. The van der Waals surface area contributed by atoms with Gasteiger partial charge in [-0.15, -0.1) is 0 Å². The fraction of sp³-hybridized carbons (Fsp3) is 0.455. The Morgan fingerprint density at radius 1 is 1.56 bits per heavy atom. The van der Waals surface area contributed by atoms with Gasteiger partial charge in [0.15, 0.2) is 11.6 Å². The van der Waals surface area contributed by atoms with Crippen LogP contribution in [-0.4, -0.2) is 27.4 Å². The Balaban J connectivity index is 2.49. The number of para-hydroxylation sites is 1. The number of rotatable bonds is 5. The first-order chi connectivity index (χ1) is 7.52. The molecule has 1 aromatic carbocycles. The van der Waals surface area contributed by atoms with Gasteiger partial charge in [-0.1, -0.05) is 12.1 Å². The summed E-state index contributed by atoms with van der Waals surface area (Å²) in [4.78, 5) is 0. The van der Waals surface area contributed by atoms with Crippen LogP contribution in [0.3, 0.4) is 0 Å². The Bertz CT molecular complexity index is 384. The zero-order valence-corrected chi connectivity index (χ0v) is 10.2. The summed E-state index contributed by atoms with van der Waals surface area (Å²) in [5.74, 6) is -0.938. The van der Waals surface area contributed by atoms with E-state index in [-0.39, 0.29) is 11.0 Å². The monoisotopic (exact) mass is 245 g/mol. The lowest BCUT2D eigenvalue weighted by molar-refractivity contribution is 0.423. The smallest absolute Gasteiger partial charge is 0.165 e. The van der Waals surface area contributed by atoms with Gasteiger partial charge in [0.2, 0.25) is 0 Å². The average Bonchev–Trinajstić information content (AvgIpc) is 2.24. The van der Waals surface area contributed by atoms with Crippen LogP contribution in [0.1, 0.15) is 12.5 Å². The minimum atomic E-state index is -0.877. The molecule has 16 heavy (non-hydrogen) atoms. The number of hydrogen-bond acceptors (Lipinski definition) is 3. The first-order valence-electron chi connectivity index (χ1n) is 5.01. The molecule has 3 nitrogen and oxygen atoms in total. The molecule has 2 unspecified atom stereocenters. The summed E-state index contributed by atoms with van der Waals surface area (Å²) in [6, 6.07) is 4.41. The summed E-state index contributed by atoms with van der Waals surface area (Å²) in [5.41, 5.74) is 0.508. The number of nitrogens with one attached hydrogen (secondary N) is 1. The SMILES string of the molecule is CC(CNCc1cccc(F)c1O)S(C)=O. The van der Waals surface area contributed by atoms with Gasteiger partial charge in [-0.3, -0.25) is 4.21 Å². The minimum Gasteiger partial charge on any atom is -0.505 e. The summed E-state index contributed by atoms with van der Waals surface area (Å²) in [6.45, 7) is 2.80. The molecule has 0 aliphatic heterocycles. The van der Waals surface area contributed by atoms with Gasteiger partial charge in [-0.2, -0.15) is 0 Å². The van der Waals surface area contributed by atoms with Gasteiger partial charge in [0.25, 0.3) is 0 Å². The third-order valence-electron chi connectivity index (χ3n) is 2.38. The summed E-state index contributed by atoms with van der Waals surface area (Å²) in [6.07, 6.45) is 1.64. The number of phenols is 1. The van der Waals surface area contributed by atoms with Crippen molar-refractivity contribution in [2.45, 2.75) is 18.7 Å². The Morgan fingerprint density at radius 2 is 2.25 bits per heavy atom. The van der Waals surface area contributed by atoms with Crippen LogP contribution in [0.4, 0.5) is 4.39 Å². The molecule has 5 heteroatoms. The molecule has 90 valence electrons. The van der Waals surface area contributed by atoms with Crippen molar-refractivity contribution >= 4 is 10.8 Å². The van der Waals surface area contributed by atoms with E-state index < -0.39 is 16.6 Å². The quantitative estimate of drug-likeness (QED) is 0.824. The Kier molecular flexibility index (Phi) is 4.89. The Labute approximate surface area is 97.1 Å². The molecule has 0 amide bonds. The largest absolute Gasteiger partial charge is 0.505 e. The van der Waals surface area contributed by atoms with Crippen molar-refractivity contribution in [1.29, 1.82) is 0 Å². The number of hydrogen-bond donors (Lipinski definition) is 2. The molecule has 0 saturated heterocycles. The highest BCUT2D eigenvalue weighted by atomic mass is 32.2. The molecule has 0 bridgehead atoms. The first kappa shape index (κ1) is 13.1. The molecular formula is C11H16FNO2S. The lowest BCUT2D eigenvalue weighted by atomic mass is 10.2. The van der Waals surface area contributed by atoms with E-state index in [1.807, 2.05) is 6.92 Å². The van der Waals surface area contributed by atoms with Crippen molar-refractivity contribution in [2.75, 3.05) is 12.8 Å². The van der Waals surface area contributed by atoms with Crippen molar-refractivity contribution in [3.8, 4) is 5.75 Å². The van der Waals surface area contributed by atoms with Crippen molar-refractivity contribution in [3.63, 3.8) is 0 Å². The van der Waals surface area contributed by atoms with Crippen LogP contribution < -0.4 is 5.32 Å². The topological polar surface area (TPSA) is 49.3 Å². The lowest BCUT2D eigenvalue weighted by Gasteiger charge is -2.10. The van der Waals surface area contributed by atoms with Crippen molar-refractivity contribution in [3.05, 3.63) is 29.6 Å². The van der Waals surface area contributed by atoms with Crippen LogP contribution in [0, 0.1) is 5.82 Å². The van der Waals surface area contributed by atoms with E-state index in [4.69, 9.17) is 0 Å². The normalized spacial score (nSPS) is 14.7. The molecule has 2 atom stereocenters. The molecule has 0 aliphatic rings. The predicted octanol–water partition coefficient (Wildman–Crippen LogP) is 1.39. The van der Waals surface area contributed by atoms with Crippen LogP contribution in [0.5, 0.6) is 5.75 Å². The van der Waals surface area contributed by atoms with Crippen molar-refractivity contribution in [1.82, 2.24) is 5.32 Å². The van der Waals surface area contributed by atoms with Gasteiger partial charge in [0.1, 0.15) is 0 Å². The number of halogens is 1. The van der Waals surface area contributed by atoms with E-state index in [0.717, 1.165) is 0 Å². The predicted molar refractivity (Wildman–Crippen MR) is 63.3 cm³/mol. The Hall–Kier alpha value is -0.940.